The third-order valence-electron chi connectivity index (χ3n) is 17.8. The minimum Gasteiger partial charge on any atom is -0.390 e. The highest BCUT2D eigenvalue weighted by Crippen LogP contribution is 2.59. The van der Waals surface area contributed by atoms with Gasteiger partial charge in [0.15, 0.2) is 0 Å². The van der Waals surface area contributed by atoms with Gasteiger partial charge in [0.2, 0.25) is 0 Å². The Morgan fingerprint density at radius 2 is 1.06 bits per heavy atom. The van der Waals surface area contributed by atoms with E-state index < -0.39 is 98.3 Å². The fourth-order valence-electron chi connectivity index (χ4n) is 12.9. The van der Waals surface area contributed by atoms with Crippen molar-refractivity contribution in [1.82, 2.24) is 33.5 Å². The van der Waals surface area contributed by atoms with Gasteiger partial charge in [0, 0.05) is 67.3 Å². The lowest BCUT2D eigenvalue weighted by atomic mass is 10.1. The van der Waals surface area contributed by atoms with E-state index in [2.05, 4.69) is 154 Å². The molecule has 1 unspecified atom stereocenters. The molecule has 6 aliphatic heterocycles. The molecule has 89 heavy (non-hydrogen) atoms. The summed E-state index contributed by atoms with van der Waals surface area (Å²) >= 11 is 6.28. The summed E-state index contributed by atoms with van der Waals surface area (Å²) in [7, 11) is -10.2. The first-order valence-electron chi connectivity index (χ1n) is 30.5. The monoisotopic (exact) mass is 1330 g/mol. The van der Waals surface area contributed by atoms with Crippen molar-refractivity contribution in [1.29, 1.82) is 0 Å². The van der Waals surface area contributed by atoms with Crippen molar-refractivity contribution < 1.29 is 37.6 Å². The van der Waals surface area contributed by atoms with E-state index >= 15 is 0 Å². The Labute approximate surface area is 528 Å². The summed E-state index contributed by atoms with van der Waals surface area (Å²) in [6.07, 6.45) is 7.99. The van der Waals surface area contributed by atoms with Gasteiger partial charge in [-0.1, -0.05) is 155 Å². The average Bonchev–Trinajstić information content (AvgIpc) is 1.87. The normalized spacial score (nSPS) is 26.7. The predicted octanol–water partition coefficient (Wildman–Crippen LogP) is 8.30. The molecule has 6 aromatic rings. The number of H-pyrrole nitrogens is 2. The van der Waals surface area contributed by atoms with Crippen LogP contribution in [0.15, 0.2) is 177 Å². The van der Waals surface area contributed by atoms with Crippen LogP contribution in [0.3, 0.4) is 0 Å². The van der Waals surface area contributed by atoms with Gasteiger partial charge in [0.25, 0.3) is 19.6 Å². The third kappa shape index (κ3) is 15.9. The van der Waals surface area contributed by atoms with Crippen molar-refractivity contribution in [3.8, 4) is 0 Å². The molecular formula is C64H83ClN7O12P3Si2. The molecule has 476 valence electrons. The summed E-state index contributed by atoms with van der Waals surface area (Å²) in [5, 5.41) is 17.8. The number of halogens is 1. The lowest BCUT2D eigenvalue weighted by Crippen LogP contribution is -2.58. The van der Waals surface area contributed by atoms with Gasteiger partial charge in [-0.25, -0.2) is 14.3 Å². The van der Waals surface area contributed by atoms with E-state index in [1.807, 2.05) is 0 Å². The number of rotatable bonds is 16. The lowest BCUT2D eigenvalue weighted by Gasteiger charge is -2.32. The first-order valence-corrected chi connectivity index (χ1v) is 42.7. The smallest absolute Gasteiger partial charge is 0.330 e. The predicted molar refractivity (Wildman–Crippen MR) is 358 cm³/mol. The van der Waals surface area contributed by atoms with Gasteiger partial charge in [-0.15, -0.1) is 0 Å². The fraction of sp³-hybridized carbons (Fsp3) is 0.438. The molecule has 0 aliphatic carbocycles. The molecule has 8 heterocycles. The van der Waals surface area contributed by atoms with Gasteiger partial charge < -0.3 is 32.8 Å². The van der Waals surface area contributed by atoms with Crippen LogP contribution in [0, 0.1) is 13.8 Å². The van der Waals surface area contributed by atoms with Crippen LogP contribution in [0.4, 0.5) is 0 Å². The van der Waals surface area contributed by atoms with Crippen LogP contribution in [-0.4, -0.2) is 143 Å². The van der Waals surface area contributed by atoms with E-state index in [1.165, 1.54) is 65.6 Å². The Morgan fingerprint density at radius 3 is 1.54 bits per heavy atom. The van der Waals surface area contributed by atoms with E-state index in [0.717, 1.165) is 38.0 Å². The largest absolute Gasteiger partial charge is 0.390 e. The molecule has 0 saturated carbocycles. The second kappa shape index (κ2) is 28.5. The van der Waals surface area contributed by atoms with E-state index in [1.54, 1.807) is 58.5 Å². The molecule has 0 radical (unpaired) electrons. The number of nitrogens with zero attached hydrogens (tertiary/aromatic N) is 5. The minimum absolute atomic E-state index is 0.0313. The second-order valence-electron chi connectivity index (χ2n) is 25.3. The highest BCUT2D eigenvalue weighted by molar-refractivity contribution is 7.65. The number of aromatic nitrogens is 4. The SMILES string of the molecule is C[Si](C[C@H]1ON(Cl)N2CCC[C@@H]12)(c1ccccc1)c1ccccc1.Cc1cn([C@H]2C[C@@H](O)[C@@H](/C=C/P(C)(C)=O)O2)c(=O)[nH]c1=O.Cc1cn([C@H]2C[C@@H](OP3O[C@H](C[Si](C)(c4ccccc4)c4ccccc4)[C@@H]4CCCN43)[C@@H](/C=C/P(C)(C)=O)O2)c(=O)[nH]c1=O. The van der Waals surface area contributed by atoms with Gasteiger partial charge in [-0.3, -0.25) is 33.5 Å². The molecule has 6 aliphatic rings. The molecule has 0 spiro atoms. The molecule has 25 heteroatoms. The van der Waals surface area contributed by atoms with Crippen LogP contribution < -0.4 is 43.2 Å². The summed E-state index contributed by atoms with van der Waals surface area (Å²) < 4.78 is 56.4. The number of fused-ring (bicyclic) bond motifs is 2. The summed E-state index contributed by atoms with van der Waals surface area (Å²) in [5.41, 5.74) is -1.15. The highest BCUT2D eigenvalue weighted by atomic mass is 35.5. The number of ether oxygens (including phenoxy) is 2. The second-order valence-corrected chi connectivity index (χ2v) is 41.8. The number of hydrogen-bond acceptors (Lipinski definition) is 15. The Balaban J connectivity index is 0.000000163. The summed E-state index contributed by atoms with van der Waals surface area (Å²) in [6, 6.07) is 46.2. The Kier molecular flexibility index (Phi) is 21.4. The number of nitrogens with one attached hydrogen (secondary N) is 2. The zero-order chi connectivity index (χ0) is 63.4. The van der Waals surface area contributed by atoms with Crippen molar-refractivity contribution in [2.24, 2.45) is 0 Å². The molecule has 0 amide bonds. The van der Waals surface area contributed by atoms with Gasteiger partial charge in [-0.2, -0.15) is 5.01 Å². The van der Waals surface area contributed by atoms with E-state index in [0.29, 0.717) is 23.6 Å². The van der Waals surface area contributed by atoms with Crippen LogP contribution in [0.1, 0.15) is 62.1 Å². The van der Waals surface area contributed by atoms with Crippen LogP contribution in [0.2, 0.25) is 25.2 Å². The molecule has 11 atom stereocenters. The highest BCUT2D eigenvalue weighted by Gasteiger charge is 2.52. The Morgan fingerprint density at radius 1 is 0.629 bits per heavy atom. The number of aliphatic hydroxyl groups is 1. The molecule has 3 N–H and O–H groups in total. The van der Waals surface area contributed by atoms with Gasteiger partial charge in [0.05, 0.1) is 30.5 Å². The van der Waals surface area contributed by atoms with Crippen LogP contribution in [0.5, 0.6) is 0 Å². The summed E-state index contributed by atoms with van der Waals surface area (Å²) in [5.74, 6) is 3.22. The third-order valence-corrected chi connectivity index (χ3v) is 30.5. The molecule has 12 rings (SSSR count). The summed E-state index contributed by atoms with van der Waals surface area (Å²) in [6.45, 7) is 16.7. The molecule has 2 aromatic heterocycles. The lowest BCUT2D eigenvalue weighted by molar-refractivity contribution is -0.154. The maximum absolute atomic E-state index is 12.7. The number of aryl methyl sites for hydroxylation is 2. The van der Waals surface area contributed by atoms with Crippen molar-refractivity contribution in [2.75, 3.05) is 39.7 Å². The number of hydrazine groups is 1. The van der Waals surface area contributed by atoms with Crippen LogP contribution in [-0.2, 0) is 32.5 Å². The molecular weight excluding hydrogens is 1240 g/mol. The molecule has 6 fully saturated rings. The molecule has 6 saturated heterocycles. The Bertz CT molecular complexity index is 3720. The quantitative estimate of drug-likeness (QED) is 0.0472. The maximum atomic E-state index is 12.7. The summed E-state index contributed by atoms with van der Waals surface area (Å²) in [4.78, 5) is 58.4. The van der Waals surface area contributed by atoms with Gasteiger partial charge >= 0.3 is 11.4 Å². The minimum atomic E-state index is -2.47. The fourth-order valence-corrected chi connectivity index (χ4v) is 24.1. The van der Waals surface area contributed by atoms with Crippen molar-refractivity contribution in [3.63, 3.8) is 0 Å². The van der Waals surface area contributed by atoms with E-state index in [-0.39, 0.29) is 24.7 Å². The van der Waals surface area contributed by atoms with Crippen molar-refractivity contribution in [2.45, 2.75) is 139 Å². The maximum Gasteiger partial charge on any atom is 0.330 e. The van der Waals surface area contributed by atoms with Crippen molar-refractivity contribution in [3.05, 3.63) is 210 Å². The first-order chi connectivity index (χ1) is 42.4. The number of aromatic amines is 2. The number of benzene rings is 4. The van der Waals surface area contributed by atoms with Gasteiger partial charge in [-0.05, 0) is 107 Å². The number of aliphatic hydroxyl groups excluding tert-OH is 1. The van der Waals surface area contributed by atoms with Crippen LogP contribution >= 0.6 is 34.6 Å². The first kappa shape index (κ1) is 66.9. The average molecular weight is 1330 g/mol. The standard InChI is InChI=1S/C32H41N3O6P2Si.C19H23ClN2OSi.C13H19N2O5P/c1-23-21-34(32(37)33-31(23)36)30-20-28(27(39-30)17-19-43(2,3)38)40-42-35-18-11-16-26(35)29(41-42)22-44(4,24-12-7-5-8-13-24)25-14-9-6-10-15-25;1-24(16-9-4-2-5-10-16,17-11-6-3-7-12-17)15-19-18-13-8-14-21(18)22(20)23-19;1-8-7-15(13(18)14-12(8)17)11-6-9(16)10(20-11)4-5-21(2,3)19/h5-10,12-15,17,19,21,26-30H,11,16,18,20,22H2,1-4H3,(H,33,36,37);2-7,9-12,18-19H,8,13-15H2,1H3;4-5,7,9-11,16H,6H2,1-3H3,(H,14,17,18)/b19-17+;;5-4+/t26-,27+,28+,29+,30+,42?;18-,19+;9-,10-,11-/m001/s1. The Hall–Kier alpha value is -5.03. The zero-order valence-corrected chi connectivity index (χ0v) is 57.2. The molecule has 19 nitrogen and oxygen atoms in total. The molecule has 4 aromatic carbocycles. The van der Waals surface area contributed by atoms with Crippen molar-refractivity contribution >= 4 is 71.5 Å². The van der Waals surface area contributed by atoms with Crippen LogP contribution in [0.25, 0.3) is 0 Å². The van der Waals surface area contributed by atoms with E-state index in [4.69, 9.17) is 35.1 Å². The van der Waals surface area contributed by atoms with Gasteiger partial charge in [0.1, 0.15) is 55.1 Å². The zero-order valence-electron chi connectivity index (χ0n) is 51.7. The molecule has 0 bridgehead atoms. The van der Waals surface area contributed by atoms with E-state index in [9.17, 15) is 33.4 Å². The number of hydrogen-bond donors (Lipinski definition) is 3. The topological polar surface area (TPSA) is 220 Å².